The second-order valence-electron chi connectivity index (χ2n) is 7.71. The maximum Gasteiger partial charge on any atom is 0.303 e. The maximum atomic E-state index is 13.9. The van der Waals surface area contributed by atoms with Crippen LogP contribution in [0.2, 0.25) is 0 Å². The Hall–Kier alpha value is -3.78. The van der Waals surface area contributed by atoms with E-state index in [1.54, 1.807) is 60.7 Å². The molecule has 0 radical (unpaired) electrons. The van der Waals surface area contributed by atoms with E-state index in [0.29, 0.717) is 21.8 Å². The highest BCUT2D eigenvalue weighted by Crippen LogP contribution is 2.29. The topological polar surface area (TPSA) is 105 Å². The molecule has 0 atom stereocenters. The zero-order valence-electron chi connectivity index (χ0n) is 17.9. The number of sulfonamides is 1. The van der Waals surface area contributed by atoms with Crippen LogP contribution in [0.5, 0.6) is 0 Å². The minimum atomic E-state index is -4.23. The number of rotatable bonds is 7. The lowest BCUT2D eigenvalue weighted by Gasteiger charge is -2.24. The number of carbonyl (C=O) groups is 2. The molecular formula is C25H22N2O5S. The molecular weight excluding hydrogens is 440 g/mol. The maximum absolute atomic E-state index is 13.9. The van der Waals surface area contributed by atoms with Crippen molar-refractivity contribution in [2.45, 2.75) is 24.7 Å². The number of benzene rings is 3. The van der Waals surface area contributed by atoms with Crippen LogP contribution in [0.15, 0.2) is 77.7 Å². The summed E-state index contributed by atoms with van der Waals surface area (Å²) < 4.78 is 27.9. The fourth-order valence-electron chi connectivity index (χ4n) is 3.74. The predicted molar refractivity (Wildman–Crippen MR) is 126 cm³/mol. The molecule has 1 N–H and O–H groups in total. The van der Waals surface area contributed by atoms with Crippen LogP contribution in [0.3, 0.4) is 0 Å². The summed E-state index contributed by atoms with van der Waals surface area (Å²) in [6.45, 7) is 1.58. The van der Waals surface area contributed by atoms with Gasteiger partial charge in [0.1, 0.15) is 0 Å². The Kier molecular flexibility index (Phi) is 6.11. The van der Waals surface area contributed by atoms with Crippen LogP contribution in [0.4, 0.5) is 0 Å². The zero-order valence-corrected chi connectivity index (χ0v) is 18.7. The molecule has 1 amide bonds. The van der Waals surface area contributed by atoms with Crippen molar-refractivity contribution in [2.75, 3.05) is 6.54 Å². The molecule has 0 saturated carbocycles. The minimum absolute atomic E-state index is 0.00683. The van der Waals surface area contributed by atoms with E-state index in [-0.39, 0.29) is 29.8 Å². The molecule has 168 valence electrons. The number of para-hydroxylation sites is 2. The average Bonchev–Trinajstić information content (AvgIpc) is 2.80. The number of carbonyl (C=O) groups excluding carboxylic acids is 1. The lowest BCUT2D eigenvalue weighted by atomic mass is 10.0. The Morgan fingerprint density at radius 1 is 0.879 bits per heavy atom. The lowest BCUT2D eigenvalue weighted by Crippen LogP contribution is -2.38. The summed E-state index contributed by atoms with van der Waals surface area (Å²) >= 11 is 0. The van der Waals surface area contributed by atoms with Gasteiger partial charge in [-0.3, -0.25) is 9.59 Å². The number of aliphatic carboxylic acids is 1. The zero-order chi connectivity index (χ0) is 23.6. The summed E-state index contributed by atoms with van der Waals surface area (Å²) in [6.07, 6.45) is -0.266. The molecule has 0 spiro atoms. The molecule has 0 bridgehead atoms. The van der Waals surface area contributed by atoms with Crippen molar-refractivity contribution < 1.29 is 23.1 Å². The van der Waals surface area contributed by atoms with E-state index >= 15 is 0 Å². The third-order valence-electron chi connectivity index (χ3n) is 5.39. The van der Waals surface area contributed by atoms with Crippen LogP contribution in [0.25, 0.3) is 21.8 Å². The molecule has 0 fully saturated rings. The molecule has 33 heavy (non-hydrogen) atoms. The van der Waals surface area contributed by atoms with E-state index in [4.69, 9.17) is 5.11 Å². The van der Waals surface area contributed by atoms with Crippen LogP contribution in [-0.2, 0) is 14.8 Å². The van der Waals surface area contributed by atoms with Crippen LogP contribution >= 0.6 is 0 Å². The van der Waals surface area contributed by atoms with E-state index < -0.39 is 21.9 Å². The Labute approximate surface area is 191 Å². The number of nitrogens with zero attached hydrogens (tertiary/aromatic N) is 2. The van der Waals surface area contributed by atoms with Gasteiger partial charge in [0.2, 0.25) is 0 Å². The van der Waals surface area contributed by atoms with Gasteiger partial charge in [0, 0.05) is 23.7 Å². The van der Waals surface area contributed by atoms with Gasteiger partial charge in [0.15, 0.2) is 0 Å². The van der Waals surface area contributed by atoms with Gasteiger partial charge in [-0.25, -0.2) is 17.7 Å². The van der Waals surface area contributed by atoms with Crippen molar-refractivity contribution in [1.29, 1.82) is 0 Å². The Morgan fingerprint density at radius 3 is 1.97 bits per heavy atom. The summed E-state index contributed by atoms with van der Waals surface area (Å²) in [5.74, 6) is -1.77. The van der Waals surface area contributed by atoms with Gasteiger partial charge in [0.05, 0.1) is 21.5 Å². The third kappa shape index (κ3) is 4.42. The predicted octanol–water partition coefficient (Wildman–Crippen LogP) is 4.39. The Balaban J connectivity index is 1.90. The normalized spacial score (nSPS) is 11.5. The molecule has 1 heterocycles. The Morgan fingerprint density at radius 2 is 1.42 bits per heavy atom. The number of fused-ring (bicyclic) bond motifs is 2. The summed E-state index contributed by atoms with van der Waals surface area (Å²) in [5, 5.41) is 10.1. The van der Waals surface area contributed by atoms with Crippen molar-refractivity contribution in [3.05, 3.63) is 83.9 Å². The SMILES string of the molecule is Cc1ccc(S(=O)(=O)N(CCCC(=O)O)C(=O)c2c3ccccc3nc3ccccc23)cc1. The molecule has 7 nitrogen and oxygen atoms in total. The number of aryl methyl sites for hydroxylation is 1. The van der Waals surface area contributed by atoms with Gasteiger partial charge in [-0.1, -0.05) is 54.1 Å². The van der Waals surface area contributed by atoms with E-state index in [0.717, 1.165) is 9.87 Å². The minimum Gasteiger partial charge on any atom is -0.481 e. The lowest BCUT2D eigenvalue weighted by molar-refractivity contribution is -0.137. The quantitative estimate of drug-likeness (QED) is 0.409. The monoisotopic (exact) mass is 462 g/mol. The summed E-state index contributed by atoms with van der Waals surface area (Å²) in [4.78, 5) is 29.5. The van der Waals surface area contributed by atoms with E-state index in [1.165, 1.54) is 12.1 Å². The number of carboxylic acid groups (broad SMARTS) is 1. The first-order valence-electron chi connectivity index (χ1n) is 10.4. The molecule has 0 saturated heterocycles. The van der Waals surface area contributed by atoms with Gasteiger partial charge < -0.3 is 5.11 Å². The highest BCUT2D eigenvalue weighted by Gasteiger charge is 2.32. The molecule has 4 rings (SSSR count). The summed E-state index contributed by atoms with van der Waals surface area (Å²) in [6, 6.07) is 20.3. The van der Waals surface area contributed by atoms with Crippen LogP contribution in [-0.4, -0.2) is 41.2 Å². The molecule has 8 heteroatoms. The highest BCUT2D eigenvalue weighted by molar-refractivity contribution is 7.89. The average molecular weight is 463 g/mol. The van der Waals surface area contributed by atoms with Gasteiger partial charge >= 0.3 is 5.97 Å². The molecule has 0 aliphatic carbocycles. The summed E-state index contributed by atoms with van der Waals surface area (Å²) in [7, 11) is -4.23. The molecule has 0 aliphatic rings. The Bertz CT molecular complexity index is 1410. The van der Waals surface area contributed by atoms with Crippen LogP contribution in [0.1, 0.15) is 28.8 Å². The van der Waals surface area contributed by atoms with Crippen molar-refractivity contribution in [2.24, 2.45) is 0 Å². The first-order valence-corrected chi connectivity index (χ1v) is 11.9. The van der Waals surface area contributed by atoms with Crippen molar-refractivity contribution in [1.82, 2.24) is 9.29 Å². The molecule has 3 aromatic carbocycles. The van der Waals surface area contributed by atoms with Gasteiger partial charge in [-0.15, -0.1) is 0 Å². The van der Waals surface area contributed by atoms with Crippen molar-refractivity contribution in [3.63, 3.8) is 0 Å². The number of carboxylic acids is 1. The standard InChI is InChI=1S/C25H22N2O5S/c1-17-12-14-18(15-13-17)33(31,32)27(16-6-11-23(28)29)25(30)24-19-7-2-4-9-21(19)26-22-10-5-3-8-20(22)24/h2-5,7-10,12-15H,6,11,16H2,1H3,(H,28,29). The van der Waals surface area contributed by atoms with Crippen LogP contribution in [0, 0.1) is 6.92 Å². The summed E-state index contributed by atoms with van der Waals surface area (Å²) in [5.41, 5.74) is 2.24. The molecule has 4 aromatic rings. The molecule has 0 aliphatic heterocycles. The van der Waals surface area contributed by atoms with Gasteiger partial charge in [-0.05, 0) is 37.6 Å². The second-order valence-corrected chi connectivity index (χ2v) is 9.58. The van der Waals surface area contributed by atoms with E-state index in [9.17, 15) is 18.0 Å². The number of aromatic nitrogens is 1. The largest absolute Gasteiger partial charge is 0.481 e. The van der Waals surface area contributed by atoms with E-state index in [2.05, 4.69) is 4.98 Å². The van der Waals surface area contributed by atoms with Crippen LogP contribution < -0.4 is 0 Å². The molecule has 0 unspecified atom stereocenters. The number of hydrogen-bond acceptors (Lipinski definition) is 5. The van der Waals surface area contributed by atoms with Crippen molar-refractivity contribution in [3.8, 4) is 0 Å². The fraction of sp³-hybridized carbons (Fsp3) is 0.160. The number of hydrogen-bond donors (Lipinski definition) is 1. The molecule has 1 aromatic heterocycles. The fourth-order valence-corrected chi connectivity index (χ4v) is 5.15. The smallest absolute Gasteiger partial charge is 0.303 e. The first-order chi connectivity index (χ1) is 15.8. The highest BCUT2D eigenvalue weighted by atomic mass is 32.2. The van der Waals surface area contributed by atoms with Gasteiger partial charge in [0.25, 0.3) is 15.9 Å². The third-order valence-corrected chi connectivity index (χ3v) is 7.19. The number of pyridine rings is 1. The second kappa shape index (κ2) is 8.99. The van der Waals surface area contributed by atoms with Crippen molar-refractivity contribution >= 4 is 43.7 Å². The van der Waals surface area contributed by atoms with E-state index in [1.807, 2.05) is 6.92 Å². The number of amides is 1. The van der Waals surface area contributed by atoms with Gasteiger partial charge in [-0.2, -0.15) is 0 Å². The first kappa shape index (κ1) is 22.4.